The number of rotatable bonds is 6. The van der Waals surface area contributed by atoms with Crippen LogP contribution in [0.3, 0.4) is 0 Å². The molecule has 1 aromatic rings. The van der Waals surface area contributed by atoms with E-state index >= 15 is 0 Å². The number of nitrogens with one attached hydrogen (secondary N) is 1. The van der Waals surface area contributed by atoms with Crippen molar-refractivity contribution in [2.75, 3.05) is 11.9 Å². The van der Waals surface area contributed by atoms with Crippen LogP contribution in [0.25, 0.3) is 0 Å². The second-order valence-electron chi connectivity index (χ2n) is 6.21. The molecule has 2 atom stereocenters. The highest BCUT2D eigenvalue weighted by molar-refractivity contribution is 5.51. The van der Waals surface area contributed by atoms with Gasteiger partial charge in [0.25, 0.3) is 0 Å². The van der Waals surface area contributed by atoms with Gasteiger partial charge >= 0.3 is 0 Å². The zero-order valence-corrected chi connectivity index (χ0v) is 13.1. The van der Waals surface area contributed by atoms with Gasteiger partial charge in [-0.05, 0) is 39.3 Å². The third kappa shape index (κ3) is 3.06. The summed E-state index contributed by atoms with van der Waals surface area (Å²) in [5, 5.41) is 3.51. The minimum absolute atomic E-state index is 0.114. The van der Waals surface area contributed by atoms with Crippen LogP contribution in [-0.2, 0) is 4.74 Å². The average molecular weight is 278 g/mol. The predicted octanol–water partition coefficient (Wildman–Crippen LogP) is 3.48. The van der Waals surface area contributed by atoms with E-state index in [1.54, 1.807) is 6.20 Å². The van der Waals surface area contributed by atoms with Crippen LogP contribution in [-0.4, -0.2) is 29.8 Å². The molecule has 4 heteroatoms. The Bertz CT molecular complexity index is 446. The molecule has 1 heterocycles. The van der Waals surface area contributed by atoms with E-state index in [9.17, 15) is 0 Å². The molecule has 2 rings (SSSR count). The van der Waals surface area contributed by atoms with Gasteiger partial charge in [0.1, 0.15) is 0 Å². The van der Waals surface area contributed by atoms with E-state index in [-0.39, 0.29) is 11.5 Å². The van der Waals surface area contributed by atoms with Gasteiger partial charge in [0, 0.05) is 24.3 Å². The maximum atomic E-state index is 5.80. The summed E-state index contributed by atoms with van der Waals surface area (Å²) in [5.74, 6) is 1.65. The lowest BCUT2D eigenvalue weighted by Gasteiger charge is -2.51. The largest absolute Gasteiger partial charge is 0.487 e. The van der Waals surface area contributed by atoms with Crippen LogP contribution in [0.15, 0.2) is 18.3 Å². The molecule has 0 aromatic carbocycles. The van der Waals surface area contributed by atoms with Crippen LogP contribution in [0.4, 0.5) is 5.82 Å². The zero-order valence-electron chi connectivity index (χ0n) is 13.1. The molecule has 0 saturated heterocycles. The minimum atomic E-state index is 0.114. The van der Waals surface area contributed by atoms with Crippen molar-refractivity contribution in [2.24, 2.45) is 5.41 Å². The van der Waals surface area contributed by atoms with Crippen LogP contribution in [0, 0.1) is 5.41 Å². The summed E-state index contributed by atoms with van der Waals surface area (Å²) in [7, 11) is 0. The SMILES string of the molecule is CCOC1CC(Nc2ncccc2OC(C)C)C1(C)C. The van der Waals surface area contributed by atoms with Crippen molar-refractivity contribution < 1.29 is 9.47 Å². The molecule has 1 aliphatic rings. The molecule has 1 fully saturated rings. The first-order valence-corrected chi connectivity index (χ1v) is 7.45. The molecule has 112 valence electrons. The van der Waals surface area contributed by atoms with Crippen molar-refractivity contribution >= 4 is 5.82 Å². The van der Waals surface area contributed by atoms with E-state index in [0.717, 1.165) is 24.6 Å². The molecule has 1 N–H and O–H groups in total. The van der Waals surface area contributed by atoms with Gasteiger partial charge in [-0.15, -0.1) is 0 Å². The fourth-order valence-corrected chi connectivity index (χ4v) is 2.63. The maximum absolute atomic E-state index is 5.80. The Labute approximate surface area is 121 Å². The second kappa shape index (κ2) is 6.00. The van der Waals surface area contributed by atoms with E-state index in [1.807, 2.05) is 32.9 Å². The Kier molecular flexibility index (Phi) is 4.53. The molecule has 20 heavy (non-hydrogen) atoms. The van der Waals surface area contributed by atoms with Crippen molar-refractivity contribution in [1.29, 1.82) is 0 Å². The Hall–Kier alpha value is -1.29. The monoisotopic (exact) mass is 278 g/mol. The minimum Gasteiger partial charge on any atom is -0.487 e. The van der Waals surface area contributed by atoms with Gasteiger partial charge in [-0.3, -0.25) is 0 Å². The summed E-state index contributed by atoms with van der Waals surface area (Å²) < 4.78 is 11.6. The maximum Gasteiger partial charge on any atom is 0.169 e. The summed E-state index contributed by atoms with van der Waals surface area (Å²) >= 11 is 0. The van der Waals surface area contributed by atoms with E-state index in [2.05, 4.69) is 24.1 Å². The van der Waals surface area contributed by atoms with Crippen molar-refractivity contribution in [3.63, 3.8) is 0 Å². The lowest BCUT2D eigenvalue weighted by atomic mass is 9.64. The van der Waals surface area contributed by atoms with Crippen LogP contribution < -0.4 is 10.1 Å². The van der Waals surface area contributed by atoms with Crippen molar-refractivity contribution in [3.8, 4) is 5.75 Å². The van der Waals surface area contributed by atoms with Gasteiger partial charge in [-0.1, -0.05) is 13.8 Å². The van der Waals surface area contributed by atoms with Gasteiger partial charge in [-0.25, -0.2) is 4.98 Å². The standard InChI is InChI=1S/C16H26N2O2/c1-6-19-14-10-13(16(14,4)5)18-15-12(20-11(2)3)8-7-9-17-15/h7-9,11,13-14H,6,10H2,1-5H3,(H,17,18). The van der Waals surface area contributed by atoms with Gasteiger partial charge in [0.05, 0.1) is 12.2 Å². The normalized spacial score (nSPS) is 24.3. The van der Waals surface area contributed by atoms with Gasteiger partial charge < -0.3 is 14.8 Å². The molecule has 0 bridgehead atoms. The highest BCUT2D eigenvalue weighted by atomic mass is 16.5. The van der Waals surface area contributed by atoms with E-state index < -0.39 is 0 Å². The number of hydrogen-bond donors (Lipinski definition) is 1. The Morgan fingerprint density at radius 2 is 2.20 bits per heavy atom. The van der Waals surface area contributed by atoms with Crippen molar-refractivity contribution in [2.45, 2.75) is 59.3 Å². The summed E-state index contributed by atoms with van der Waals surface area (Å²) in [6.45, 7) is 11.3. The quantitative estimate of drug-likeness (QED) is 0.865. The van der Waals surface area contributed by atoms with Crippen LogP contribution >= 0.6 is 0 Å². The van der Waals surface area contributed by atoms with Crippen molar-refractivity contribution in [3.05, 3.63) is 18.3 Å². The number of ether oxygens (including phenoxy) is 2. The fourth-order valence-electron chi connectivity index (χ4n) is 2.63. The first kappa shape index (κ1) is 15.1. The topological polar surface area (TPSA) is 43.4 Å². The highest BCUT2D eigenvalue weighted by Crippen LogP contribution is 2.44. The highest BCUT2D eigenvalue weighted by Gasteiger charge is 2.49. The summed E-state index contributed by atoms with van der Waals surface area (Å²) in [6, 6.07) is 4.22. The Balaban J connectivity index is 2.04. The molecule has 0 amide bonds. The number of aromatic nitrogens is 1. The molecule has 2 unspecified atom stereocenters. The van der Waals surface area contributed by atoms with Crippen LogP contribution in [0.1, 0.15) is 41.0 Å². The number of nitrogens with zero attached hydrogens (tertiary/aromatic N) is 1. The smallest absolute Gasteiger partial charge is 0.169 e. The Morgan fingerprint density at radius 3 is 2.80 bits per heavy atom. The number of pyridine rings is 1. The van der Waals surface area contributed by atoms with E-state index in [1.165, 1.54) is 0 Å². The predicted molar refractivity (Wildman–Crippen MR) is 81.2 cm³/mol. The lowest BCUT2D eigenvalue weighted by molar-refractivity contribution is -0.0977. The summed E-state index contributed by atoms with van der Waals surface area (Å²) in [5.41, 5.74) is 0.114. The molecule has 0 aliphatic heterocycles. The molecule has 4 nitrogen and oxygen atoms in total. The Morgan fingerprint density at radius 1 is 1.45 bits per heavy atom. The summed E-state index contributed by atoms with van der Waals surface area (Å²) in [4.78, 5) is 4.41. The molecule has 0 radical (unpaired) electrons. The lowest BCUT2D eigenvalue weighted by Crippen LogP contribution is -2.58. The first-order chi connectivity index (χ1) is 9.45. The number of anilines is 1. The average Bonchev–Trinajstić information content (AvgIpc) is 2.39. The van der Waals surface area contributed by atoms with Crippen LogP contribution in [0.2, 0.25) is 0 Å². The van der Waals surface area contributed by atoms with E-state index in [0.29, 0.717) is 12.1 Å². The third-order valence-electron chi connectivity index (χ3n) is 3.99. The van der Waals surface area contributed by atoms with E-state index in [4.69, 9.17) is 9.47 Å². The zero-order chi connectivity index (χ0) is 14.8. The first-order valence-electron chi connectivity index (χ1n) is 7.45. The van der Waals surface area contributed by atoms with Gasteiger partial charge in [0.15, 0.2) is 11.6 Å². The second-order valence-corrected chi connectivity index (χ2v) is 6.21. The third-order valence-corrected chi connectivity index (χ3v) is 3.99. The molecule has 1 aromatic heterocycles. The molecular weight excluding hydrogens is 252 g/mol. The molecular formula is C16H26N2O2. The number of hydrogen-bond acceptors (Lipinski definition) is 4. The molecule has 1 aliphatic carbocycles. The summed E-state index contributed by atoms with van der Waals surface area (Å²) in [6.07, 6.45) is 3.27. The molecule has 0 spiro atoms. The molecule has 1 saturated carbocycles. The van der Waals surface area contributed by atoms with Gasteiger partial charge in [0.2, 0.25) is 0 Å². The van der Waals surface area contributed by atoms with Crippen molar-refractivity contribution in [1.82, 2.24) is 4.98 Å². The van der Waals surface area contributed by atoms with Crippen LogP contribution in [0.5, 0.6) is 5.75 Å². The fraction of sp³-hybridized carbons (Fsp3) is 0.688. The van der Waals surface area contributed by atoms with Gasteiger partial charge in [-0.2, -0.15) is 0 Å².